The van der Waals surface area contributed by atoms with E-state index < -0.39 is 5.97 Å². The summed E-state index contributed by atoms with van der Waals surface area (Å²) in [6.07, 6.45) is 7.85. The average molecular weight is 254 g/mol. The summed E-state index contributed by atoms with van der Waals surface area (Å²) >= 11 is 0. The van der Waals surface area contributed by atoms with E-state index >= 15 is 0 Å². The normalized spacial score (nSPS) is 16.4. The molecule has 0 aliphatic carbocycles. The van der Waals surface area contributed by atoms with Crippen molar-refractivity contribution in [2.75, 3.05) is 19.6 Å². The van der Waals surface area contributed by atoms with E-state index in [2.05, 4.69) is 9.88 Å². The summed E-state index contributed by atoms with van der Waals surface area (Å²) in [7, 11) is 0. The molecule has 0 amide bonds. The van der Waals surface area contributed by atoms with Crippen molar-refractivity contribution >= 4 is 5.97 Å². The number of hydrogen-bond acceptors (Lipinski definition) is 4. The summed E-state index contributed by atoms with van der Waals surface area (Å²) in [5.74, 6) is -1.21. The van der Waals surface area contributed by atoms with Crippen LogP contribution < -0.4 is 24.0 Å². The van der Waals surface area contributed by atoms with Gasteiger partial charge in [-0.25, -0.2) is 0 Å². The Balaban J connectivity index is 0.00000180. The van der Waals surface area contributed by atoms with Gasteiger partial charge in [0, 0.05) is 12.7 Å². The molecule has 0 aromatic carbocycles. The third-order valence-corrected chi connectivity index (χ3v) is 3.45. The zero-order valence-electron chi connectivity index (χ0n) is 11.6. The van der Waals surface area contributed by atoms with Crippen molar-refractivity contribution in [3.05, 3.63) is 29.6 Å². The van der Waals surface area contributed by atoms with E-state index in [0.29, 0.717) is 0 Å². The molecule has 1 aliphatic heterocycles. The summed E-state index contributed by atoms with van der Waals surface area (Å²) in [5.41, 5.74) is 1.10. The maximum atomic E-state index is 10.6. The Morgan fingerprint density at radius 3 is 2.42 bits per heavy atom. The number of carboxylic acids is 1. The van der Waals surface area contributed by atoms with Crippen LogP contribution >= 0.6 is 0 Å². The molecule has 0 N–H and O–H groups in total. The molecule has 98 valence electrons. The predicted molar refractivity (Wildman–Crippen MR) is 67.2 cm³/mol. The molecule has 19 heavy (non-hydrogen) atoms. The second kappa shape index (κ2) is 8.37. The minimum absolute atomic E-state index is 0. The molecule has 1 saturated heterocycles. The number of hydrogen-bond donors (Lipinski definition) is 0. The van der Waals surface area contributed by atoms with Gasteiger partial charge >= 0.3 is 18.9 Å². The second-order valence-electron chi connectivity index (χ2n) is 4.84. The first-order valence-corrected chi connectivity index (χ1v) is 6.64. The summed E-state index contributed by atoms with van der Waals surface area (Å²) in [6.45, 7) is 3.40. The van der Waals surface area contributed by atoms with Crippen molar-refractivity contribution < 1.29 is 28.8 Å². The number of carboxylic acid groups (broad SMARTS) is 1. The first-order valence-electron chi connectivity index (χ1n) is 6.64. The fourth-order valence-corrected chi connectivity index (χ4v) is 2.34. The van der Waals surface area contributed by atoms with E-state index in [1.165, 1.54) is 44.8 Å². The maximum Gasteiger partial charge on any atom is 1.00 e. The predicted octanol–water partition coefficient (Wildman–Crippen LogP) is -2.13. The molecular formula is C14H19LiN2O2. The molecule has 2 rings (SSSR count). The fraction of sp³-hybridized carbons (Fsp3) is 0.571. The summed E-state index contributed by atoms with van der Waals surface area (Å²) < 4.78 is 0. The number of rotatable bonds is 4. The minimum Gasteiger partial charge on any atom is -0.543 e. The number of aromatic nitrogens is 1. The van der Waals surface area contributed by atoms with Gasteiger partial charge in [-0.05, 0) is 44.0 Å². The van der Waals surface area contributed by atoms with Crippen LogP contribution in [0.3, 0.4) is 0 Å². The monoisotopic (exact) mass is 254 g/mol. The summed E-state index contributed by atoms with van der Waals surface area (Å²) in [6, 6.07) is 3.35. The molecule has 0 atom stereocenters. The Kier molecular flexibility index (Phi) is 7.15. The van der Waals surface area contributed by atoms with Gasteiger partial charge in [0.05, 0.1) is 11.7 Å². The van der Waals surface area contributed by atoms with Crippen molar-refractivity contribution in [3.8, 4) is 0 Å². The Morgan fingerprint density at radius 2 is 1.89 bits per heavy atom. The van der Waals surface area contributed by atoms with Gasteiger partial charge in [0.25, 0.3) is 0 Å². The molecule has 5 heteroatoms. The molecule has 2 heterocycles. The van der Waals surface area contributed by atoms with Gasteiger partial charge in [0.1, 0.15) is 0 Å². The number of likely N-dealkylation sites (tertiary alicyclic amines) is 1. The Labute approximate surface area is 126 Å². The molecule has 1 aliphatic rings. The summed E-state index contributed by atoms with van der Waals surface area (Å²) in [4.78, 5) is 16.9. The summed E-state index contributed by atoms with van der Waals surface area (Å²) in [5, 5.41) is 10.6. The molecule has 0 unspecified atom stereocenters. The first kappa shape index (κ1) is 16.2. The van der Waals surface area contributed by atoms with Crippen molar-refractivity contribution in [1.82, 2.24) is 9.88 Å². The smallest absolute Gasteiger partial charge is 0.543 e. The van der Waals surface area contributed by atoms with Gasteiger partial charge < -0.3 is 14.8 Å². The van der Waals surface area contributed by atoms with Crippen LogP contribution in [-0.2, 0) is 6.42 Å². The van der Waals surface area contributed by atoms with Gasteiger partial charge in [-0.2, -0.15) is 0 Å². The van der Waals surface area contributed by atoms with Crippen molar-refractivity contribution in [3.63, 3.8) is 0 Å². The van der Waals surface area contributed by atoms with Crippen LogP contribution in [0.15, 0.2) is 18.3 Å². The first-order chi connectivity index (χ1) is 8.75. The van der Waals surface area contributed by atoms with Gasteiger partial charge in [-0.15, -0.1) is 0 Å². The van der Waals surface area contributed by atoms with Crippen molar-refractivity contribution in [1.29, 1.82) is 0 Å². The SMILES string of the molecule is O=C([O-])c1ccc(CCN2CCCCCC2)cn1.[Li+]. The van der Waals surface area contributed by atoms with E-state index in [1.54, 1.807) is 6.20 Å². The van der Waals surface area contributed by atoms with E-state index in [0.717, 1.165) is 18.5 Å². The van der Waals surface area contributed by atoms with Crippen LogP contribution in [0.2, 0.25) is 0 Å². The average Bonchev–Trinajstić information content (AvgIpc) is 2.65. The Bertz CT molecular complexity index is 387. The molecule has 0 spiro atoms. The number of carbonyl (C=O) groups is 1. The molecule has 0 radical (unpaired) electrons. The number of aromatic carboxylic acids is 1. The minimum atomic E-state index is -1.21. The zero-order valence-corrected chi connectivity index (χ0v) is 11.6. The third kappa shape index (κ3) is 5.36. The fourth-order valence-electron chi connectivity index (χ4n) is 2.34. The van der Waals surface area contributed by atoms with Crippen LogP contribution in [0, 0.1) is 0 Å². The molecule has 1 aromatic heterocycles. The van der Waals surface area contributed by atoms with E-state index in [4.69, 9.17) is 0 Å². The van der Waals surface area contributed by atoms with Gasteiger partial charge in [-0.1, -0.05) is 18.9 Å². The van der Waals surface area contributed by atoms with Gasteiger partial charge in [0.2, 0.25) is 0 Å². The number of carbonyl (C=O) groups excluding carboxylic acids is 1. The van der Waals surface area contributed by atoms with Gasteiger partial charge in [0.15, 0.2) is 0 Å². The van der Waals surface area contributed by atoms with E-state index in [9.17, 15) is 9.90 Å². The standard InChI is InChI=1S/C14H20N2O2.Li/c17-14(18)13-6-5-12(11-15-13)7-10-16-8-3-1-2-4-9-16;/h5-6,11H,1-4,7-10H2,(H,17,18);/q;+1/p-1. The Hall–Kier alpha value is -0.823. The van der Waals surface area contributed by atoms with Gasteiger partial charge in [-0.3, -0.25) is 4.98 Å². The number of nitrogens with zero attached hydrogens (tertiary/aromatic N) is 2. The maximum absolute atomic E-state index is 10.6. The van der Waals surface area contributed by atoms with E-state index in [-0.39, 0.29) is 24.6 Å². The largest absolute Gasteiger partial charge is 1.00 e. The third-order valence-electron chi connectivity index (χ3n) is 3.45. The van der Waals surface area contributed by atoms with Crippen LogP contribution in [0.4, 0.5) is 0 Å². The molecule has 0 saturated carbocycles. The van der Waals surface area contributed by atoms with Crippen LogP contribution in [-0.4, -0.2) is 35.5 Å². The van der Waals surface area contributed by atoms with Crippen LogP contribution in [0.5, 0.6) is 0 Å². The van der Waals surface area contributed by atoms with Crippen LogP contribution in [0.25, 0.3) is 0 Å². The molecule has 1 fully saturated rings. The molecular weight excluding hydrogens is 235 g/mol. The van der Waals surface area contributed by atoms with Crippen LogP contribution in [0.1, 0.15) is 41.7 Å². The Morgan fingerprint density at radius 1 is 1.21 bits per heavy atom. The zero-order chi connectivity index (χ0) is 12.8. The molecule has 4 nitrogen and oxygen atoms in total. The van der Waals surface area contributed by atoms with Crippen molar-refractivity contribution in [2.45, 2.75) is 32.1 Å². The van der Waals surface area contributed by atoms with Crippen molar-refractivity contribution in [2.24, 2.45) is 0 Å². The topological polar surface area (TPSA) is 56.3 Å². The molecule has 1 aromatic rings. The number of pyridine rings is 1. The quantitative estimate of drug-likeness (QED) is 0.576. The van der Waals surface area contributed by atoms with E-state index in [1.807, 2.05) is 6.07 Å². The second-order valence-corrected chi connectivity index (χ2v) is 4.84. The molecule has 0 bridgehead atoms.